The molecule has 0 aliphatic carbocycles. The molecule has 0 spiro atoms. The molecule has 0 saturated carbocycles. The second-order valence-corrected chi connectivity index (χ2v) is 3.84. The minimum Gasteiger partial charge on any atom is -0.497 e. The zero-order chi connectivity index (χ0) is 13.9. The quantitative estimate of drug-likeness (QED) is 0.898. The van der Waals surface area contributed by atoms with E-state index in [1.165, 1.54) is 25.6 Å². The van der Waals surface area contributed by atoms with Crippen molar-refractivity contribution in [2.75, 3.05) is 12.4 Å². The van der Waals surface area contributed by atoms with E-state index in [0.29, 0.717) is 5.69 Å². The molecule has 0 aliphatic heterocycles. The number of hydrogen-bond acceptors (Lipinski definition) is 3. The topological polar surface area (TPSA) is 49.9 Å². The Hall–Kier alpha value is -2.18. The summed E-state index contributed by atoms with van der Waals surface area (Å²) in [4.78, 5) is 6.60. The normalized spacial score (nSPS) is 11.4. The first kappa shape index (κ1) is 13.3. The highest BCUT2D eigenvalue weighted by Crippen LogP contribution is 2.37. The Kier molecular flexibility index (Phi) is 3.64. The van der Waals surface area contributed by atoms with Crippen molar-refractivity contribution in [1.29, 1.82) is 0 Å². The van der Waals surface area contributed by atoms with E-state index in [4.69, 9.17) is 4.74 Å². The molecule has 0 unspecified atom stereocenters. The number of halogens is 3. The summed E-state index contributed by atoms with van der Waals surface area (Å²) in [5, 5.41) is 2.73. The van der Waals surface area contributed by atoms with Crippen molar-refractivity contribution in [2.45, 2.75) is 12.7 Å². The van der Waals surface area contributed by atoms with Crippen LogP contribution in [0.1, 0.15) is 11.3 Å². The molecule has 1 aromatic heterocycles. The van der Waals surface area contributed by atoms with Gasteiger partial charge in [-0.25, -0.2) is 4.98 Å². The molecule has 2 rings (SSSR count). The van der Waals surface area contributed by atoms with Crippen LogP contribution in [-0.2, 0) is 12.7 Å². The molecule has 102 valence electrons. The van der Waals surface area contributed by atoms with Crippen LogP contribution in [0.15, 0.2) is 30.7 Å². The number of ether oxygens (including phenoxy) is 1. The summed E-state index contributed by atoms with van der Waals surface area (Å²) in [5.74, 6) is 0.166. The van der Waals surface area contributed by atoms with Gasteiger partial charge in [0.25, 0.3) is 0 Å². The van der Waals surface area contributed by atoms with Crippen LogP contribution in [0.5, 0.6) is 5.75 Å². The molecule has 0 fully saturated rings. The number of anilines is 1. The van der Waals surface area contributed by atoms with Gasteiger partial charge in [-0.05, 0) is 18.2 Å². The van der Waals surface area contributed by atoms with E-state index in [0.717, 1.165) is 6.07 Å². The fourth-order valence-electron chi connectivity index (χ4n) is 1.61. The van der Waals surface area contributed by atoms with Gasteiger partial charge in [-0.15, -0.1) is 0 Å². The third-order valence-corrected chi connectivity index (χ3v) is 2.56. The maximum Gasteiger partial charge on any atom is 0.418 e. The zero-order valence-electron chi connectivity index (χ0n) is 10.1. The number of methoxy groups -OCH3 is 1. The Labute approximate surface area is 107 Å². The van der Waals surface area contributed by atoms with Crippen LogP contribution in [0.25, 0.3) is 0 Å². The molecule has 2 N–H and O–H groups in total. The SMILES string of the molecule is COc1ccc(NCc2cnc[nH]2)c(C(F)(F)F)c1. The molecule has 0 atom stereocenters. The lowest BCUT2D eigenvalue weighted by molar-refractivity contribution is -0.137. The number of benzene rings is 1. The minimum absolute atomic E-state index is 0.00269. The van der Waals surface area contributed by atoms with Crippen molar-refractivity contribution < 1.29 is 17.9 Å². The monoisotopic (exact) mass is 271 g/mol. The molecule has 1 aromatic carbocycles. The van der Waals surface area contributed by atoms with E-state index in [2.05, 4.69) is 15.3 Å². The van der Waals surface area contributed by atoms with Crippen LogP contribution in [0.3, 0.4) is 0 Å². The van der Waals surface area contributed by atoms with Gasteiger partial charge in [0, 0.05) is 11.9 Å². The molecule has 4 nitrogen and oxygen atoms in total. The van der Waals surface area contributed by atoms with E-state index < -0.39 is 11.7 Å². The average molecular weight is 271 g/mol. The zero-order valence-corrected chi connectivity index (χ0v) is 10.1. The number of imidazole rings is 1. The van der Waals surface area contributed by atoms with Crippen LogP contribution in [0.2, 0.25) is 0 Å². The summed E-state index contributed by atoms with van der Waals surface area (Å²) in [7, 11) is 1.33. The predicted molar refractivity (Wildman–Crippen MR) is 63.9 cm³/mol. The highest BCUT2D eigenvalue weighted by atomic mass is 19.4. The van der Waals surface area contributed by atoms with Gasteiger partial charge >= 0.3 is 6.18 Å². The van der Waals surface area contributed by atoms with E-state index in [1.807, 2.05) is 0 Å². The van der Waals surface area contributed by atoms with Gasteiger partial charge < -0.3 is 15.0 Å². The second-order valence-electron chi connectivity index (χ2n) is 3.84. The van der Waals surface area contributed by atoms with Crippen molar-refractivity contribution in [1.82, 2.24) is 9.97 Å². The summed E-state index contributed by atoms with van der Waals surface area (Å²) in [6, 6.07) is 3.79. The van der Waals surface area contributed by atoms with Crippen molar-refractivity contribution in [3.8, 4) is 5.75 Å². The first-order chi connectivity index (χ1) is 9.00. The third-order valence-electron chi connectivity index (χ3n) is 2.56. The number of aromatic nitrogens is 2. The first-order valence-electron chi connectivity index (χ1n) is 5.47. The van der Waals surface area contributed by atoms with Gasteiger partial charge in [0.15, 0.2) is 0 Å². The number of rotatable bonds is 4. The number of nitrogens with zero attached hydrogens (tertiary/aromatic N) is 1. The maximum atomic E-state index is 12.9. The molecule has 0 radical (unpaired) electrons. The molecule has 19 heavy (non-hydrogen) atoms. The summed E-state index contributed by atoms with van der Waals surface area (Å²) in [6.07, 6.45) is -1.43. The average Bonchev–Trinajstić information content (AvgIpc) is 2.88. The largest absolute Gasteiger partial charge is 0.497 e. The maximum absolute atomic E-state index is 12.9. The molecule has 0 bridgehead atoms. The Bertz CT molecular complexity index is 538. The molecule has 0 amide bonds. The number of hydrogen-bond donors (Lipinski definition) is 2. The molecular weight excluding hydrogens is 259 g/mol. The lowest BCUT2D eigenvalue weighted by atomic mass is 10.1. The van der Waals surface area contributed by atoms with Crippen molar-refractivity contribution >= 4 is 5.69 Å². The van der Waals surface area contributed by atoms with Crippen molar-refractivity contribution in [2.24, 2.45) is 0 Å². The molecular formula is C12H12F3N3O. The molecule has 7 heteroatoms. The Morgan fingerprint density at radius 2 is 2.16 bits per heavy atom. The van der Waals surface area contributed by atoms with Gasteiger partial charge in [0.2, 0.25) is 0 Å². The Balaban J connectivity index is 2.23. The van der Waals surface area contributed by atoms with Gasteiger partial charge in [0.05, 0.1) is 31.2 Å². The lowest BCUT2D eigenvalue weighted by Gasteiger charge is -2.15. The molecule has 1 heterocycles. The van der Waals surface area contributed by atoms with E-state index in [9.17, 15) is 13.2 Å². The van der Waals surface area contributed by atoms with Crippen LogP contribution in [0, 0.1) is 0 Å². The van der Waals surface area contributed by atoms with Crippen molar-refractivity contribution in [3.05, 3.63) is 42.0 Å². The van der Waals surface area contributed by atoms with E-state index >= 15 is 0 Å². The fourth-order valence-corrected chi connectivity index (χ4v) is 1.61. The second kappa shape index (κ2) is 5.21. The van der Waals surface area contributed by atoms with Gasteiger partial charge in [0.1, 0.15) is 5.75 Å². The van der Waals surface area contributed by atoms with E-state index in [1.54, 1.807) is 6.20 Å². The third kappa shape index (κ3) is 3.18. The van der Waals surface area contributed by atoms with Crippen LogP contribution < -0.4 is 10.1 Å². The predicted octanol–water partition coefficient (Wildman–Crippen LogP) is 3.05. The van der Waals surface area contributed by atoms with Crippen LogP contribution >= 0.6 is 0 Å². The van der Waals surface area contributed by atoms with Crippen molar-refractivity contribution in [3.63, 3.8) is 0 Å². The standard InChI is InChI=1S/C12H12F3N3O/c1-19-9-2-3-11(10(4-9)12(13,14)15)17-6-8-5-16-7-18-8/h2-5,7,17H,6H2,1H3,(H,16,18). The highest BCUT2D eigenvalue weighted by Gasteiger charge is 2.34. The summed E-state index contributed by atoms with van der Waals surface area (Å²) >= 11 is 0. The first-order valence-corrected chi connectivity index (χ1v) is 5.47. The molecule has 0 saturated heterocycles. The molecule has 2 aromatic rings. The highest BCUT2D eigenvalue weighted by molar-refractivity contribution is 5.55. The fraction of sp³-hybridized carbons (Fsp3) is 0.250. The summed E-state index contributed by atoms with van der Waals surface area (Å²) < 4.78 is 43.6. The number of aromatic amines is 1. The Morgan fingerprint density at radius 3 is 2.74 bits per heavy atom. The summed E-state index contributed by atoms with van der Waals surface area (Å²) in [6.45, 7) is 0.232. The smallest absolute Gasteiger partial charge is 0.418 e. The number of H-pyrrole nitrogens is 1. The number of nitrogens with one attached hydrogen (secondary N) is 2. The van der Waals surface area contributed by atoms with Gasteiger partial charge in [-0.1, -0.05) is 0 Å². The minimum atomic E-state index is -4.44. The van der Waals surface area contributed by atoms with Crippen LogP contribution in [0.4, 0.5) is 18.9 Å². The van der Waals surface area contributed by atoms with Gasteiger partial charge in [-0.2, -0.15) is 13.2 Å². The van der Waals surface area contributed by atoms with E-state index in [-0.39, 0.29) is 18.0 Å². The van der Waals surface area contributed by atoms with Gasteiger partial charge in [-0.3, -0.25) is 0 Å². The molecule has 0 aliphatic rings. The summed E-state index contributed by atoms with van der Waals surface area (Å²) in [5.41, 5.74) is -0.0572. The number of alkyl halides is 3. The van der Waals surface area contributed by atoms with Crippen LogP contribution in [-0.4, -0.2) is 17.1 Å². The Morgan fingerprint density at radius 1 is 1.37 bits per heavy atom. The lowest BCUT2D eigenvalue weighted by Crippen LogP contribution is -2.11.